The molecule has 0 bridgehead atoms. The second-order valence-electron chi connectivity index (χ2n) is 6.99. The van der Waals surface area contributed by atoms with Gasteiger partial charge in [-0.3, -0.25) is 9.78 Å². The maximum absolute atomic E-state index is 14.3. The summed E-state index contributed by atoms with van der Waals surface area (Å²) >= 11 is 0. The number of hydrogen-bond acceptors (Lipinski definition) is 5. The molecule has 0 saturated heterocycles. The Hall–Kier alpha value is -4.20. The number of carbonyl (C=O) groups is 1. The third-order valence-electron chi connectivity index (χ3n) is 4.83. The first kappa shape index (κ1) is 20.1. The van der Waals surface area contributed by atoms with Gasteiger partial charge in [0, 0.05) is 37.6 Å². The summed E-state index contributed by atoms with van der Waals surface area (Å²) in [6.07, 6.45) is 4.76. The predicted octanol–water partition coefficient (Wildman–Crippen LogP) is 3.76. The van der Waals surface area contributed by atoms with Gasteiger partial charge in [0.2, 0.25) is 0 Å². The van der Waals surface area contributed by atoms with Crippen LogP contribution in [0, 0.1) is 5.82 Å². The molecule has 31 heavy (non-hydrogen) atoms. The third kappa shape index (κ3) is 3.95. The molecular weight excluding hydrogens is 399 g/mol. The molecule has 2 aromatic carbocycles. The molecule has 0 aliphatic rings. The first-order valence-electron chi connectivity index (χ1n) is 9.45. The van der Waals surface area contributed by atoms with Crippen molar-refractivity contribution in [1.82, 2.24) is 19.7 Å². The summed E-state index contributed by atoms with van der Waals surface area (Å²) < 4.78 is 15.6. The zero-order chi connectivity index (χ0) is 22.0. The third-order valence-corrected chi connectivity index (χ3v) is 4.83. The first-order valence-corrected chi connectivity index (χ1v) is 9.45. The Bertz CT molecular complexity index is 1240. The van der Waals surface area contributed by atoms with Crippen LogP contribution in [0.1, 0.15) is 15.9 Å². The monoisotopic (exact) mass is 418 g/mol. The summed E-state index contributed by atoms with van der Waals surface area (Å²) in [5.74, 6) is -1.55. The number of hydrogen-bond donors (Lipinski definition) is 2. The van der Waals surface area contributed by atoms with Crippen molar-refractivity contribution in [2.24, 2.45) is 0 Å². The molecule has 0 atom stereocenters. The molecule has 0 saturated carbocycles. The van der Waals surface area contributed by atoms with E-state index < -0.39 is 11.7 Å². The molecule has 0 aliphatic carbocycles. The topological polar surface area (TPSA) is 91.5 Å². The van der Waals surface area contributed by atoms with Crippen LogP contribution >= 0.6 is 0 Å². The molecule has 4 aromatic rings. The van der Waals surface area contributed by atoms with E-state index in [1.54, 1.807) is 49.8 Å². The van der Waals surface area contributed by atoms with E-state index in [1.165, 1.54) is 27.9 Å². The molecule has 0 radical (unpaired) electrons. The first-order chi connectivity index (χ1) is 15.0. The Morgan fingerprint density at radius 3 is 2.61 bits per heavy atom. The SMILES string of the molecule is CN(Cc1cccnc1)C(=O)c1cc(-c2ccnn2-c2ccccc2F)c(O)cc1O. The number of pyridine rings is 1. The lowest BCUT2D eigenvalue weighted by atomic mass is 10.0. The molecule has 0 unspecified atom stereocenters. The average molecular weight is 418 g/mol. The number of para-hydroxylation sites is 1. The van der Waals surface area contributed by atoms with Crippen LogP contribution < -0.4 is 0 Å². The molecule has 2 aromatic heterocycles. The van der Waals surface area contributed by atoms with Crippen molar-refractivity contribution in [3.8, 4) is 28.4 Å². The van der Waals surface area contributed by atoms with Crippen LogP contribution in [-0.4, -0.2) is 42.8 Å². The van der Waals surface area contributed by atoms with Gasteiger partial charge in [0.15, 0.2) is 0 Å². The van der Waals surface area contributed by atoms with Crippen molar-refractivity contribution in [1.29, 1.82) is 0 Å². The highest BCUT2D eigenvalue weighted by atomic mass is 19.1. The summed E-state index contributed by atoms with van der Waals surface area (Å²) in [5, 5.41) is 24.9. The van der Waals surface area contributed by atoms with Crippen molar-refractivity contribution in [2.75, 3.05) is 7.05 Å². The average Bonchev–Trinajstić information content (AvgIpc) is 3.23. The van der Waals surface area contributed by atoms with E-state index in [9.17, 15) is 19.4 Å². The maximum Gasteiger partial charge on any atom is 0.257 e. The second-order valence-corrected chi connectivity index (χ2v) is 6.99. The van der Waals surface area contributed by atoms with Crippen LogP contribution in [0.4, 0.5) is 4.39 Å². The van der Waals surface area contributed by atoms with Crippen molar-refractivity contribution in [3.63, 3.8) is 0 Å². The zero-order valence-electron chi connectivity index (χ0n) is 16.6. The minimum atomic E-state index is -0.488. The number of phenols is 2. The van der Waals surface area contributed by atoms with E-state index in [0.29, 0.717) is 5.69 Å². The van der Waals surface area contributed by atoms with Crippen LogP contribution in [0.25, 0.3) is 16.9 Å². The summed E-state index contributed by atoms with van der Waals surface area (Å²) in [6.45, 7) is 0.287. The Morgan fingerprint density at radius 2 is 1.87 bits per heavy atom. The number of halogens is 1. The molecule has 0 fully saturated rings. The largest absolute Gasteiger partial charge is 0.507 e. The molecule has 1 amide bonds. The fourth-order valence-electron chi connectivity index (χ4n) is 3.32. The Morgan fingerprint density at radius 1 is 1.06 bits per heavy atom. The van der Waals surface area contributed by atoms with Crippen LogP contribution in [0.15, 0.2) is 73.2 Å². The van der Waals surface area contributed by atoms with Gasteiger partial charge in [0.25, 0.3) is 5.91 Å². The van der Waals surface area contributed by atoms with E-state index in [4.69, 9.17) is 0 Å². The van der Waals surface area contributed by atoms with Crippen molar-refractivity contribution < 1.29 is 19.4 Å². The molecule has 4 rings (SSSR count). The molecule has 7 nitrogen and oxygen atoms in total. The van der Waals surface area contributed by atoms with Crippen LogP contribution in [0.3, 0.4) is 0 Å². The summed E-state index contributed by atoms with van der Waals surface area (Å²) in [4.78, 5) is 18.5. The number of carbonyl (C=O) groups excluding carboxylic acids is 1. The van der Waals surface area contributed by atoms with Gasteiger partial charge in [-0.05, 0) is 35.9 Å². The van der Waals surface area contributed by atoms with Crippen molar-refractivity contribution in [2.45, 2.75) is 6.54 Å². The molecule has 156 valence electrons. The molecule has 2 N–H and O–H groups in total. The highest BCUT2D eigenvalue weighted by Crippen LogP contribution is 2.36. The zero-order valence-corrected chi connectivity index (χ0v) is 16.6. The Kier molecular flexibility index (Phi) is 5.36. The fourth-order valence-corrected chi connectivity index (χ4v) is 3.32. The van der Waals surface area contributed by atoms with E-state index in [0.717, 1.165) is 11.6 Å². The van der Waals surface area contributed by atoms with Gasteiger partial charge in [0.05, 0.1) is 17.5 Å². The van der Waals surface area contributed by atoms with Gasteiger partial charge in [-0.25, -0.2) is 9.07 Å². The van der Waals surface area contributed by atoms with Crippen molar-refractivity contribution >= 4 is 5.91 Å². The summed E-state index contributed by atoms with van der Waals surface area (Å²) in [7, 11) is 1.60. The minimum Gasteiger partial charge on any atom is -0.507 e. The van der Waals surface area contributed by atoms with Gasteiger partial charge in [-0.2, -0.15) is 5.10 Å². The van der Waals surface area contributed by atoms with Crippen LogP contribution in [0.5, 0.6) is 11.5 Å². The second kappa shape index (κ2) is 8.27. The van der Waals surface area contributed by atoms with Gasteiger partial charge in [0.1, 0.15) is 23.0 Å². The summed E-state index contributed by atoms with van der Waals surface area (Å²) in [5.41, 5.74) is 1.62. The molecule has 8 heteroatoms. The highest BCUT2D eigenvalue weighted by Gasteiger charge is 2.22. The quantitative estimate of drug-likeness (QED) is 0.515. The van der Waals surface area contributed by atoms with E-state index in [2.05, 4.69) is 10.1 Å². The summed E-state index contributed by atoms with van der Waals surface area (Å²) in [6, 6.07) is 13.8. The molecule has 2 heterocycles. The number of amides is 1. The highest BCUT2D eigenvalue weighted by molar-refractivity contribution is 5.98. The fraction of sp³-hybridized carbons (Fsp3) is 0.0870. The smallest absolute Gasteiger partial charge is 0.257 e. The lowest BCUT2D eigenvalue weighted by Gasteiger charge is -2.19. The minimum absolute atomic E-state index is 0.000439. The standard InChI is InChI=1S/C23H19FN4O3/c1-27(14-15-5-4-9-25-13-15)23(31)17-11-16(21(29)12-22(17)30)19-8-10-26-28(19)20-7-3-2-6-18(20)24/h2-13,29-30H,14H2,1H3. The van der Waals surface area contributed by atoms with Crippen molar-refractivity contribution in [3.05, 3.63) is 90.1 Å². The maximum atomic E-state index is 14.3. The number of benzene rings is 2. The van der Waals surface area contributed by atoms with E-state index in [1.807, 2.05) is 6.07 Å². The molecular formula is C23H19FN4O3. The Labute approximate surface area is 177 Å². The molecule has 0 spiro atoms. The van der Waals surface area contributed by atoms with E-state index >= 15 is 0 Å². The normalized spacial score (nSPS) is 10.8. The number of aromatic hydroxyl groups is 2. The number of nitrogens with zero attached hydrogens (tertiary/aromatic N) is 4. The Balaban J connectivity index is 1.72. The van der Waals surface area contributed by atoms with E-state index in [-0.39, 0.29) is 34.9 Å². The number of phenolic OH excluding ortho intramolecular Hbond substituents is 2. The van der Waals surface area contributed by atoms with Gasteiger partial charge < -0.3 is 15.1 Å². The van der Waals surface area contributed by atoms with Gasteiger partial charge in [-0.1, -0.05) is 18.2 Å². The lowest BCUT2D eigenvalue weighted by molar-refractivity contribution is 0.0782. The lowest BCUT2D eigenvalue weighted by Crippen LogP contribution is -2.26. The number of rotatable bonds is 5. The van der Waals surface area contributed by atoms with Gasteiger partial charge in [-0.15, -0.1) is 0 Å². The predicted molar refractivity (Wildman–Crippen MR) is 112 cm³/mol. The van der Waals surface area contributed by atoms with Crippen LogP contribution in [-0.2, 0) is 6.54 Å². The van der Waals surface area contributed by atoms with Crippen LogP contribution in [0.2, 0.25) is 0 Å². The van der Waals surface area contributed by atoms with Gasteiger partial charge >= 0.3 is 0 Å². The number of aromatic nitrogens is 3. The molecule has 0 aliphatic heterocycles.